The molecule has 15 heavy (non-hydrogen) atoms. The molecule has 3 heteroatoms. The summed E-state index contributed by atoms with van der Waals surface area (Å²) in [6.07, 6.45) is 12.5. The molecule has 0 saturated heterocycles. The van der Waals surface area contributed by atoms with Crippen molar-refractivity contribution in [2.75, 3.05) is 0 Å². The Bertz CT molecular complexity index is 145. The Morgan fingerprint density at radius 3 is 1.27 bits per heavy atom. The maximum atomic E-state index is 3.82. The molecule has 2 unspecified atom stereocenters. The standard InChI is InChI=1S/C12H21Br3/c13-10-8-6-4-2-1-3-5-7-9-11(14)12(10)15/h10-12H,1-9H2. The van der Waals surface area contributed by atoms with Gasteiger partial charge in [-0.1, -0.05) is 92.7 Å². The molecule has 0 bridgehead atoms. The van der Waals surface area contributed by atoms with Crippen molar-refractivity contribution in [1.29, 1.82) is 0 Å². The summed E-state index contributed by atoms with van der Waals surface area (Å²) in [4.78, 5) is 1.83. The molecule has 0 nitrogen and oxygen atoms in total. The summed E-state index contributed by atoms with van der Waals surface area (Å²) in [5.74, 6) is 0. The molecule has 0 N–H and O–H groups in total. The van der Waals surface area contributed by atoms with Gasteiger partial charge in [0.2, 0.25) is 0 Å². The van der Waals surface area contributed by atoms with E-state index >= 15 is 0 Å². The third-order valence-electron chi connectivity index (χ3n) is 3.15. The smallest absolute Gasteiger partial charge is 0.0396 e. The molecular weight excluding hydrogens is 384 g/mol. The number of hydrogen-bond acceptors (Lipinski definition) is 0. The molecule has 0 aromatic carbocycles. The fourth-order valence-corrected chi connectivity index (χ4v) is 4.43. The predicted molar refractivity (Wildman–Crippen MR) is 79.7 cm³/mol. The van der Waals surface area contributed by atoms with E-state index in [4.69, 9.17) is 0 Å². The predicted octanol–water partition coefficient (Wildman–Crippen LogP) is 5.80. The molecule has 2 atom stereocenters. The van der Waals surface area contributed by atoms with Crippen molar-refractivity contribution in [3.8, 4) is 0 Å². The van der Waals surface area contributed by atoms with E-state index in [0.29, 0.717) is 14.5 Å². The molecule has 0 aromatic rings. The first-order chi connectivity index (χ1) is 7.22. The van der Waals surface area contributed by atoms with E-state index < -0.39 is 0 Å². The van der Waals surface area contributed by atoms with E-state index in [1.165, 1.54) is 57.8 Å². The SMILES string of the molecule is BrC1CCCCCCCCCC(Br)C1Br. The van der Waals surface area contributed by atoms with Crippen molar-refractivity contribution in [2.24, 2.45) is 0 Å². The minimum atomic E-state index is 0.580. The zero-order valence-corrected chi connectivity index (χ0v) is 14.0. The van der Waals surface area contributed by atoms with Gasteiger partial charge in [-0.05, 0) is 12.8 Å². The second kappa shape index (κ2) is 8.52. The Kier molecular flexibility index (Phi) is 8.24. The number of halogens is 3. The molecule has 1 rings (SSSR count). The number of rotatable bonds is 0. The summed E-state index contributed by atoms with van der Waals surface area (Å²) < 4.78 is 0. The molecule has 0 spiro atoms. The second-order valence-corrected chi connectivity index (χ2v) is 7.94. The average Bonchev–Trinajstić information content (AvgIpc) is 2.23. The number of alkyl halides is 3. The fraction of sp³-hybridized carbons (Fsp3) is 1.00. The molecule has 1 aliphatic carbocycles. The molecule has 1 fully saturated rings. The van der Waals surface area contributed by atoms with Gasteiger partial charge >= 0.3 is 0 Å². The van der Waals surface area contributed by atoms with Crippen LogP contribution in [0.5, 0.6) is 0 Å². The van der Waals surface area contributed by atoms with E-state index in [-0.39, 0.29) is 0 Å². The van der Waals surface area contributed by atoms with Crippen LogP contribution >= 0.6 is 47.8 Å². The zero-order valence-electron chi connectivity index (χ0n) is 9.23. The first-order valence-electron chi connectivity index (χ1n) is 6.14. The quantitative estimate of drug-likeness (QED) is 0.447. The molecule has 90 valence electrons. The van der Waals surface area contributed by atoms with E-state index in [1.807, 2.05) is 0 Å². The lowest BCUT2D eigenvalue weighted by atomic mass is 10.0. The molecular formula is C12H21Br3. The summed E-state index contributed by atoms with van der Waals surface area (Å²) in [5, 5.41) is 0. The Morgan fingerprint density at radius 1 is 0.533 bits per heavy atom. The van der Waals surface area contributed by atoms with Gasteiger partial charge in [0.15, 0.2) is 0 Å². The highest BCUT2D eigenvalue weighted by Gasteiger charge is 2.23. The fourth-order valence-electron chi connectivity index (χ4n) is 2.11. The Labute approximate surface area is 119 Å². The van der Waals surface area contributed by atoms with Crippen LogP contribution in [0, 0.1) is 0 Å². The van der Waals surface area contributed by atoms with Crippen LogP contribution in [0.1, 0.15) is 57.8 Å². The molecule has 1 aliphatic rings. The van der Waals surface area contributed by atoms with Gasteiger partial charge in [0.1, 0.15) is 0 Å². The summed E-state index contributed by atoms with van der Waals surface area (Å²) in [5.41, 5.74) is 0. The first-order valence-corrected chi connectivity index (χ1v) is 8.88. The maximum Gasteiger partial charge on any atom is 0.0396 e. The normalized spacial score (nSPS) is 36.6. The van der Waals surface area contributed by atoms with Gasteiger partial charge in [-0.25, -0.2) is 0 Å². The monoisotopic (exact) mass is 402 g/mol. The Morgan fingerprint density at radius 2 is 0.867 bits per heavy atom. The van der Waals surface area contributed by atoms with Gasteiger partial charge in [-0.3, -0.25) is 0 Å². The third-order valence-corrected chi connectivity index (χ3v) is 7.90. The molecule has 0 amide bonds. The van der Waals surface area contributed by atoms with Crippen molar-refractivity contribution in [3.63, 3.8) is 0 Å². The van der Waals surface area contributed by atoms with Gasteiger partial charge in [0, 0.05) is 14.5 Å². The summed E-state index contributed by atoms with van der Waals surface area (Å²) in [6, 6.07) is 0. The third kappa shape index (κ3) is 6.07. The van der Waals surface area contributed by atoms with E-state index in [0.717, 1.165) is 0 Å². The lowest BCUT2D eigenvalue weighted by Gasteiger charge is -2.22. The number of hydrogen-bond donors (Lipinski definition) is 0. The van der Waals surface area contributed by atoms with Crippen LogP contribution in [0.15, 0.2) is 0 Å². The minimum absolute atomic E-state index is 0.580. The van der Waals surface area contributed by atoms with Crippen LogP contribution in [0.2, 0.25) is 0 Å². The summed E-state index contributed by atoms with van der Waals surface area (Å²) in [7, 11) is 0. The largest absolute Gasteiger partial charge is 0.0878 e. The van der Waals surface area contributed by atoms with Crippen LogP contribution in [0.3, 0.4) is 0 Å². The van der Waals surface area contributed by atoms with Gasteiger partial charge < -0.3 is 0 Å². The Balaban J connectivity index is 2.36. The summed E-state index contributed by atoms with van der Waals surface area (Å²) >= 11 is 11.4. The lowest BCUT2D eigenvalue weighted by Crippen LogP contribution is -2.24. The van der Waals surface area contributed by atoms with E-state index in [9.17, 15) is 0 Å². The first kappa shape index (κ1) is 14.5. The van der Waals surface area contributed by atoms with Crippen LogP contribution in [0.25, 0.3) is 0 Å². The molecule has 0 heterocycles. The maximum absolute atomic E-state index is 3.82. The van der Waals surface area contributed by atoms with Crippen LogP contribution in [0.4, 0.5) is 0 Å². The van der Waals surface area contributed by atoms with Gasteiger partial charge in [0.05, 0.1) is 0 Å². The molecule has 1 saturated carbocycles. The topological polar surface area (TPSA) is 0 Å². The molecule has 0 aliphatic heterocycles. The van der Waals surface area contributed by atoms with Crippen LogP contribution in [-0.4, -0.2) is 14.5 Å². The zero-order chi connectivity index (χ0) is 11.1. The Hall–Kier alpha value is 1.44. The van der Waals surface area contributed by atoms with Gasteiger partial charge in [-0.2, -0.15) is 0 Å². The second-order valence-electron chi connectivity index (χ2n) is 4.53. The van der Waals surface area contributed by atoms with Crippen molar-refractivity contribution >= 4 is 47.8 Å². The van der Waals surface area contributed by atoms with Crippen molar-refractivity contribution in [2.45, 2.75) is 72.3 Å². The van der Waals surface area contributed by atoms with Crippen molar-refractivity contribution in [1.82, 2.24) is 0 Å². The highest BCUT2D eigenvalue weighted by Crippen LogP contribution is 2.30. The minimum Gasteiger partial charge on any atom is -0.0878 e. The molecule has 0 aromatic heterocycles. The van der Waals surface area contributed by atoms with Crippen LogP contribution < -0.4 is 0 Å². The van der Waals surface area contributed by atoms with Crippen molar-refractivity contribution < 1.29 is 0 Å². The highest BCUT2D eigenvalue weighted by molar-refractivity contribution is 9.13. The van der Waals surface area contributed by atoms with E-state index in [1.54, 1.807) is 0 Å². The summed E-state index contributed by atoms with van der Waals surface area (Å²) in [6.45, 7) is 0. The highest BCUT2D eigenvalue weighted by atomic mass is 79.9. The van der Waals surface area contributed by atoms with Gasteiger partial charge in [-0.15, -0.1) is 0 Å². The van der Waals surface area contributed by atoms with E-state index in [2.05, 4.69) is 47.8 Å². The average molecular weight is 405 g/mol. The lowest BCUT2D eigenvalue weighted by molar-refractivity contribution is 0.526. The molecule has 0 radical (unpaired) electrons. The van der Waals surface area contributed by atoms with Crippen LogP contribution in [-0.2, 0) is 0 Å². The van der Waals surface area contributed by atoms with Gasteiger partial charge in [0.25, 0.3) is 0 Å². The van der Waals surface area contributed by atoms with Crippen molar-refractivity contribution in [3.05, 3.63) is 0 Å².